The third-order valence-corrected chi connectivity index (χ3v) is 6.30. The Hall–Kier alpha value is 0.270. The van der Waals surface area contributed by atoms with Crippen molar-refractivity contribution < 1.29 is 4.74 Å². The zero-order chi connectivity index (χ0) is 14.8. The second-order valence-corrected chi connectivity index (χ2v) is 9.01. The van der Waals surface area contributed by atoms with Crippen LogP contribution in [-0.2, 0) is 4.74 Å². The van der Waals surface area contributed by atoms with Crippen LogP contribution >= 0.6 is 11.8 Å². The highest BCUT2D eigenvalue weighted by atomic mass is 32.2. The van der Waals surface area contributed by atoms with Crippen molar-refractivity contribution in [2.24, 2.45) is 5.92 Å². The molecule has 0 bridgehead atoms. The summed E-state index contributed by atoms with van der Waals surface area (Å²) in [6.45, 7) is 12.5. The van der Waals surface area contributed by atoms with Crippen molar-refractivity contribution in [3.05, 3.63) is 0 Å². The average molecular weight is 300 g/mol. The molecule has 118 valence electrons. The summed E-state index contributed by atoms with van der Waals surface area (Å²) in [5.74, 6) is 1.96. The van der Waals surface area contributed by atoms with Gasteiger partial charge in [-0.15, -0.1) is 0 Å². The minimum absolute atomic E-state index is 0.00703. The predicted molar refractivity (Wildman–Crippen MR) is 89.5 cm³/mol. The van der Waals surface area contributed by atoms with Crippen LogP contribution in [0, 0.1) is 5.92 Å². The highest BCUT2D eigenvalue weighted by molar-refractivity contribution is 8.00. The first kappa shape index (κ1) is 16.6. The molecule has 1 N–H and O–H groups in total. The Morgan fingerprint density at radius 2 is 2.00 bits per heavy atom. The summed E-state index contributed by atoms with van der Waals surface area (Å²) in [6, 6.07) is 0.608. The highest BCUT2D eigenvalue weighted by Gasteiger charge is 2.50. The molecule has 2 aliphatic rings. The molecule has 2 rings (SSSR count). The van der Waals surface area contributed by atoms with E-state index in [1.807, 2.05) is 0 Å². The molecule has 2 nitrogen and oxygen atoms in total. The Balaban J connectivity index is 2.12. The number of hydrogen-bond acceptors (Lipinski definition) is 3. The van der Waals surface area contributed by atoms with E-state index < -0.39 is 0 Å². The van der Waals surface area contributed by atoms with Gasteiger partial charge in [-0.05, 0) is 65.7 Å². The summed E-state index contributed by atoms with van der Waals surface area (Å²) in [5, 5.41) is 4.65. The van der Waals surface area contributed by atoms with Gasteiger partial charge in [0.2, 0.25) is 0 Å². The lowest BCUT2D eigenvalue weighted by atomic mass is 9.79. The van der Waals surface area contributed by atoms with Crippen LogP contribution in [0.25, 0.3) is 0 Å². The molecular weight excluding hydrogens is 266 g/mol. The van der Waals surface area contributed by atoms with Gasteiger partial charge in [-0.25, -0.2) is 0 Å². The van der Waals surface area contributed by atoms with E-state index in [1.165, 1.54) is 37.9 Å². The van der Waals surface area contributed by atoms with Crippen molar-refractivity contribution in [3.63, 3.8) is 0 Å². The largest absolute Gasteiger partial charge is 0.369 e. The SMILES string of the molecule is CCCNC(C1CCCCS1)C1CC(C)(C)OC1(C)C. The molecule has 3 heteroatoms. The van der Waals surface area contributed by atoms with E-state index in [0.29, 0.717) is 12.0 Å². The Bertz CT molecular complexity index is 310. The molecule has 0 aromatic rings. The molecule has 2 fully saturated rings. The van der Waals surface area contributed by atoms with Crippen LogP contribution in [0.4, 0.5) is 0 Å². The molecule has 2 saturated heterocycles. The maximum atomic E-state index is 6.35. The summed E-state index contributed by atoms with van der Waals surface area (Å²) in [7, 11) is 0. The van der Waals surface area contributed by atoms with Crippen LogP contribution < -0.4 is 5.32 Å². The van der Waals surface area contributed by atoms with Crippen LogP contribution in [0.1, 0.15) is 66.7 Å². The van der Waals surface area contributed by atoms with Crippen LogP contribution in [-0.4, -0.2) is 34.8 Å². The van der Waals surface area contributed by atoms with Gasteiger partial charge < -0.3 is 10.1 Å². The van der Waals surface area contributed by atoms with Gasteiger partial charge in [0.1, 0.15) is 0 Å². The van der Waals surface area contributed by atoms with Gasteiger partial charge in [0.15, 0.2) is 0 Å². The first-order chi connectivity index (χ1) is 9.36. The minimum atomic E-state index is -0.00703. The Morgan fingerprint density at radius 3 is 2.50 bits per heavy atom. The number of nitrogens with one attached hydrogen (secondary N) is 1. The van der Waals surface area contributed by atoms with Crippen molar-refractivity contribution in [1.82, 2.24) is 5.32 Å². The molecule has 0 amide bonds. The molecule has 3 unspecified atom stereocenters. The Kier molecular flexibility index (Phi) is 5.47. The maximum absolute atomic E-state index is 6.35. The molecular formula is C17H33NOS. The molecule has 2 heterocycles. The van der Waals surface area contributed by atoms with Gasteiger partial charge in [0.25, 0.3) is 0 Å². The van der Waals surface area contributed by atoms with E-state index in [2.05, 4.69) is 51.7 Å². The highest BCUT2D eigenvalue weighted by Crippen LogP contribution is 2.46. The van der Waals surface area contributed by atoms with E-state index in [4.69, 9.17) is 4.74 Å². The summed E-state index contributed by atoms with van der Waals surface area (Å²) < 4.78 is 6.35. The zero-order valence-corrected chi connectivity index (χ0v) is 14.8. The lowest BCUT2D eigenvalue weighted by Gasteiger charge is -2.39. The van der Waals surface area contributed by atoms with E-state index >= 15 is 0 Å². The predicted octanol–water partition coefficient (Wildman–Crippen LogP) is 4.23. The minimum Gasteiger partial charge on any atom is -0.369 e. The van der Waals surface area contributed by atoms with Crippen LogP contribution in [0.15, 0.2) is 0 Å². The van der Waals surface area contributed by atoms with Crippen LogP contribution in [0.3, 0.4) is 0 Å². The smallest absolute Gasteiger partial charge is 0.0678 e. The quantitative estimate of drug-likeness (QED) is 0.820. The average Bonchev–Trinajstić information content (AvgIpc) is 2.59. The van der Waals surface area contributed by atoms with Crippen molar-refractivity contribution >= 4 is 11.8 Å². The standard InChI is InChI=1S/C17H33NOS/c1-6-10-18-15(14-9-7-8-11-20-14)13-12-16(2,3)19-17(13,4)5/h13-15,18H,6-12H2,1-5H3. The van der Waals surface area contributed by atoms with Crippen molar-refractivity contribution in [2.75, 3.05) is 12.3 Å². The van der Waals surface area contributed by atoms with Gasteiger partial charge in [-0.1, -0.05) is 13.3 Å². The van der Waals surface area contributed by atoms with Gasteiger partial charge in [0, 0.05) is 17.2 Å². The van der Waals surface area contributed by atoms with Crippen molar-refractivity contribution in [2.45, 2.75) is 89.2 Å². The summed E-state index contributed by atoms with van der Waals surface area (Å²) >= 11 is 2.19. The van der Waals surface area contributed by atoms with Crippen LogP contribution in [0.5, 0.6) is 0 Å². The number of ether oxygens (including phenoxy) is 1. The number of hydrogen-bond donors (Lipinski definition) is 1. The topological polar surface area (TPSA) is 21.3 Å². The summed E-state index contributed by atoms with van der Waals surface area (Å²) in [5.41, 5.74) is 0.0204. The van der Waals surface area contributed by atoms with Gasteiger partial charge in [-0.3, -0.25) is 0 Å². The number of thioether (sulfide) groups is 1. The normalized spacial score (nSPS) is 34.0. The molecule has 0 saturated carbocycles. The summed E-state index contributed by atoms with van der Waals surface area (Å²) in [4.78, 5) is 0. The fourth-order valence-electron chi connectivity index (χ4n) is 4.06. The molecule has 0 radical (unpaired) electrons. The fraction of sp³-hybridized carbons (Fsp3) is 1.00. The molecule has 0 aromatic carbocycles. The van der Waals surface area contributed by atoms with Crippen molar-refractivity contribution in [1.29, 1.82) is 0 Å². The Labute approximate surface area is 129 Å². The van der Waals surface area contributed by atoms with E-state index in [1.54, 1.807) is 0 Å². The van der Waals surface area contributed by atoms with Gasteiger partial charge >= 0.3 is 0 Å². The fourth-order valence-corrected chi connectivity index (χ4v) is 5.56. The maximum Gasteiger partial charge on any atom is 0.0678 e. The number of rotatable bonds is 5. The van der Waals surface area contributed by atoms with Crippen LogP contribution in [0.2, 0.25) is 0 Å². The van der Waals surface area contributed by atoms with Crippen molar-refractivity contribution in [3.8, 4) is 0 Å². The second kappa shape index (κ2) is 6.58. The molecule has 3 atom stereocenters. The molecule has 0 spiro atoms. The first-order valence-electron chi connectivity index (χ1n) is 8.41. The van der Waals surface area contributed by atoms with E-state index in [-0.39, 0.29) is 11.2 Å². The lowest BCUT2D eigenvalue weighted by Crippen LogP contribution is -2.50. The zero-order valence-electron chi connectivity index (χ0n) is 14.0. The monoisotopic (exact) mass is 299 g/mol. The van der Waals surface area contributed by atoms with E-state index in [0.717, 1.165) is 11.8 Å². The van der Waals surface area contributed by atoms with E-state index in [9.17, 15) is 0 Å². The lowest BCUT2D eigenvalue weighted by molar-refractivity contribution is -0.0777. The second-order valence-electron chi connectivity index (χ2n) is 7.66. The third kappa shape index (κ3) is 3.92. The molecule has 20 heavy (non-hydrogen) atoms. The molecule has 0 aliphatic carbocycles. The summed E-state index contributed by atoms with van der Waals surface area (Å²) in [6.07, 6.45) is 6.57. The molecule has 2 aliphatic heterocycles. The van der Waals surface area contributed by atoms with Gasteiger partial charge in [-0.2, -0.15) is 11.8 Å². The third-order valence-electron chi connectivity index (χ3n) is 4.82. The van der Waals surface area contributed by atoms with Gasteiger partial charge in [0.05, 0.1) is 11.2 Å². The first-order valence-corrected chi connectivity index (χ1v) is 9.46. The Morgan fingerprint density at radius 1 is 1.25 bits per heavy atom. The molecule has 0 aromatic heterocycles.